The van der Waals surface area contributed by atoms with Crippen LogP contribution in [0.1, 0.15) is 12.8 Å². The standard InChI is InChI=1S/C15H20ClN2O2P/c16-14-10-19-11-15(14)20-21-17-8-4-7-13(17)9-18(21)12-5-2-1-3-6-12/h1-3,5-6,13-15H,4,7-11H2/t13-,14-,15-,21?/m0/s1. The van der Waals surface area contributed by atoms with Gasteiger partial charge in [-0.25, -0.2) is 4.67 Å². The average molecular weight is 327 g/mol. The molecule has 0 saturated carbocycles. The summed E-state index contributed by atoms with van der Waals surface area (Å²) in [5.74, 6) is 0. The maximum absolute atomic E-state index is 6.43. The molecule has 0 aromatic heterocycles. The molecule has 21 heavy (non-hydrogen) atoms. The molecule has 1 aromatic rings. The van der Waals surface area contributed by atoms with Gasteiger partial charge in [-0.05, 0) is 25.0 Å². The van der Waals surface area contributed by atoms with Crippen molar-refractivity contribution in [3.05, 3.63) is 30.3 Å². The van der Waals surface area contributed by atoms with Crippen LogP contribution >= 0.6 is 20.1 Å². The third kappa shape index (κ3) is 2.69. The highest BCUT2D eigenvalue weighted by atomic mass is 35.5. The van der Waals surface area contributed by atoms with Crippen molar-refractivity contribution < 1.29 is 9.26 Å². The molecule has 0 spiro atoms. The number of ether oxygens (including phenoxy) is 1. The van der Waals surface area contributed by atoms with Crippen molar-refractivity contribution in [1.82, 2.24) is 4.67 Å². The Labute approximate surface area is 131 Å². The minimum Gasteiger partial charge on any atom is -0.377 e. The predicted molar refractivity (Wildman–Crippen MR) is 85.8 cm³/mol. The second-order valence-corrected chi connectivity index (χ2v) is 8.10. The van der Waals surface area contributed by atoms with Crippen molar-refractivity contribution in [2.45, 2.75) is 30.4 Å². The number of hydrogen-bond donors (Lipinski definition) is 0. The summed E-state index contributed by atoms with van der Waals surface area (Å²) in [7, 11) is -0.761. The number of anilines is 1. The van der Waals surface area contributed by atoms with Crippen molar-refractivity contribution >= 4 is 25.7 Å². The van der Waals surface area contributed by atoms with Crippen LogP contribution in [0.2, 0.25) is 0 Å². The number of fused-ring (bicyclic) bond motifs is 1. The van der Waals surface area contributed by atoms with Gasteiger partial charge in [0.25, 0.3) is 0 Å². The maximum Gasteiger partial charge on any atom is 0.218 e. The number of rotatable bonds is 3. The van der Waals surface area contributed by atoms with Gasteiger partial charge in [0, 0.05) is 24.8 Å². The van der Waals surface area contributed by atoms with Crippen LogP contribution in [0.3, 0.4) is 0 Å². The van der Waals surface area contributed by atoms with E-state index in [1.165, 1.54) is 18.5 Å². The zero-order valence-electron chi connectivity index (χ0n) is 11.9. The fourth-order valence-electron chi connectivity index (χ4n) is 3.29. The second-order valence-electron chi connectivity index (χ2n) is 5.83. The summed E-state index contributed by atoms with van der Waals surface area (Å²) in [6.45, 7) is 3.43. The van der Waals surface area contributed by atoms with E-state index in [4.69, 9.17) is 20.9 Å². The van der Waals surface area contributed by atoms with Gasteiger partial charge in [-0.2, -0.15) is 0 Å². The minimum absolute atomic E-state index is 0.0170. The highest BCUT2D eigenvalue weighted by molar-refractivity contribution is 7.52. The van der Waals surface area contributed by atoms with Gasteiger partial charge < -0.3 is 13.9 Å². The van der Waals surface area contributed by atoms with Crippen LogP contribution in [-0.4, -0.2) is 48.5 Å². The third-order valence-corrected chi connectivity index (χ3v) is 7.04. The molecule has 3 aliphatic rings. The number of nitrogens with zero attached hydrogens (tertiary/aromatic N) is 2. The molecule has 4 rings (SSSR count). The summed E-state index contributed by atoms with van der Waals surface area (Å²) < 4.78 is 16.9. The summed E-state index contributed by atoms with van der Waals surface area (Å²) in [5, 5.41) is -0.0215. The van der Waals surface area contributed by atoms with Crippen LogP contribution in [0.15, 0.2) is 30.3 Å². The molecule has 1 aromatic carbocycles. The Bertz CT molecular complexity index is 492. The fraction of sp³-hybridized carbons (Fsp3) is 0.600. The van der Waals surface area contributed by atoms with Crippen molar-refractivity contribution in [2.75, 3.05) is 31.0 Å². The molecule has 0 N–H and O–H groups in total. The largest absolute Gasteiger partial charge is 0.377 e. The van der Waals surface area contributed by atoms with Crippen LogP contribution in [0.4, 0.5) is 5.69 Å². The van der Waals surface area contributed by atoms with Gasteiger partial charge in [0.1, 0.15) is 6.10 Å². The quantitative estimate of drug-likeness (QED) is 0.629. The average Bonchev–Trinajstić information content (AvgIpc) is 3.19. The van der Waals surface area contributed by atoms with Gasteiger partial charge in [-0.1, -0.05) is 18.2 Å². The lowest BCUT2D eigenvalue weighted by atomic mass is 10.2. The van der Waals surface area contributed by atoms with E-state index in [9.17, 15) is 0 Å². The van der Waals surface area contributed by atoms with Crippen molar-refractivity contribution in [1.29, 1.82) is 0 Å². The van der Waals surface area contributed by atoms with Crippen LogP contribution in [0.25, 0.3) is 0 Å². The Morgan fingerprint density at radius 2 is 2.10 bits per heavy atom. The normalized spacial score (nSPS) is 36.3. The first-order valence-electron chi connectivity index (χ1n) is 7.61. The van der Waals surface area contributed by atoms with Crippen molar-refractivity contribution in [2.24, 2.45) is 0 Å². The van der Waals surface area contributed by atoms with E-state index < -0.39 is 8.45 Å². The summed E-state index contributed by atoms with van der Waals surface area (Å²) in [6, 6.07) is 11.2. The molecule has 0 bridgehead atoms. The zero-order chi connectivity index (χ0) is 14.2. The van der Waals surface area contributed by atoms with Gasteiger partial charge in [0.05, 0.1) is 18.6 Å². The highest BCUT2D eigenvalue weighted by Crippen LogP contribution is 2.57. The van der Waals surface area contributed by atoms with E-state index in [0.717, 1.165) is 13.1 Å². The lowest BCUT2D eigenvalue weighted by molar-refractivity contribution is 0.145. The molecule has 3 heterocycles. The molecule has 6 heteroatoms. The van der Waals surface area contributed by atoms with Crippen LogP contribution in [0.5, 0.6) is 0 Å². The Morgan fingerprint density at radius 1 is 1.24 bits per heavy atom. The van der Waals surface area contributed by atoms with Crippen LogP contribution < -0.4 is 4.67 Å². The molecule has 3 saturated heterocycles. The van der Waals surface area contributed by atoms with E-state index in [1.807, 2.05) is 0 Å². The van der Waals surface area contributed by atoms with E-state index in [2.05, 4.69) is 39.7 Å². The Balaban J connectivity index is 1.57. The molecule has 1 unspecified atom stereocenters. The Hall–Kier alpha value is -0.380. The smallest absolute Gasteiger partial charge is 0.218 e. The van der Waals surface area contributed by atoms with E-state index >= 15 is 0 Å². The zero-order valence-corrected chi connectivity index (χ0v) is 13.5. The lowest BCUT2D eigenvalue weighted by Crippen LogP contribution is -2.26. The van der Waals surface area contributed by atoms with Crippen molar-refractivity contribution in [3.63, 3.8) is 0 Å². The predicted octanol–water partition coefficient (Wildman–Crippen LogP) is 3.22. The first-order valence-corrected chi connectivity index (χ1v) is 9.21. The number of alkyl halides is 1. The Kier molecular flexibility index (Phi) is 4.08. The molecular weight excluding hydrogens is 307 g/mol. The molecule has 0 amide bonds. The number of para-hydroxylation sites is 1. The second kappa shape index (κ2) is 6.02. The molecular formula is C15H20ClN2O2P. The highest BCUT2D eigenvalue weighted by Gasteiger charge is 2.46. The fourth-order valence-corrected chi connectivity index (χ4v) is 5.97. The molecule has 4 nitrogen and oxygen atoms in total. The number of halogens is 1. The van der Waals surface area contributed by atoms with Gasteiger partial charge in [-0.15, -0.1) is 11.6 Å². The van der Waals surface area contributed by atoms with E-state index in [1.54, 1.807) is 0 Å². The van der Waals surface area contributed by atoms with Crippen LogP contribution in [-0.2, 0) is 9.26 Å². The molecule has 0 radical (unpaired) electrons. The van der Waals surface area contributed by atoms with E-state index in [0.29, 0.717) is 19.3 Å². The maximum atomic E-state index is 6.43. The number of benzene rings is 1. The summed E-state index contributed by atoms with van der Waals surface area (Å²) >= 11 is 6.32. The lowest BCUT2D eigenvalue weighted by Gasteiger charge is -2.31. The summed E-state index contributed by atoms with van der Waals surface area (Å²) in [4.78, 5) is 0. The SMILES string of the molecule is Cl[C@H]1COC[C@@H]1OP1N(c2ccccc2)C[C@@H]2CCCN21. The van der Waals surface area contributed by atoms with Gasteiger partial charge >= 0.3 is 0 Å². The molecule has 0 aliphatic carbocycles. The van der Waals surface area contributed by atoms with E-state index in [-0.39, 0.29) is 11.5 Å². The topological polar surface area (TPSA) is 24.9 Å². The Morgan fingerprint density at radius 3 is 2.86 bits per heavy atom. The first kappa shape index (κ1) is 14.2. The first-order chi connectivity index (χ1) is 10.3. The molecule has 3 aliphatic heterocycles. The van der Waals surface area contributed by atoms with Gasteiger partial charge in [0.2, 0.25) is 8.45 Å². The van der Waals surface area contributed by atoms with Gasteiger partial charge in [0.15, 0.2) is 0 Å². The molecule has 114 valence electrons. The van der Waals surface area contributed by atoms with Gasteiger partial charge in [-0.3, -0.25) is 0 Å². The third-order valence-electron chi connectivity index (χ3n) is 4.40. The summed E-state index contributed by atoms with van der Waals surface area (Å²) in [5.41, 5.74) is 1.25. The molecule has 4 atom stereocenters. The molecule has 3 fully saturated rings. The van der Waals surface area contributed by atoms with Crippen LogP contribution in [0, 0.1) is 0 Å². The monoisotopic (exact) mass is 326 g/mol. The summed E-state index contributed by atoms with van der Waals surface area (Å²) in [6.07, 6.45) is 2.57. The number of hydrogen-bond acceptors (Lipinski definition) is 4. The van der Waals surface area contributed by atoms with Crippen molar-refractivity contribution in [3.8, 4) is 0 Å². The minimum atomic E-state index is -0.761.